The van der Waals surface area contributed by atoms with E-state index in [9.17, 15) is 22.0 Å². The van der Waals surface area contributed by atoms with Gasteiger partial charge in [-0.25, -0.2) is 22.0 Å². The highest BCUT2D eigenvalue weighted by Crippen LogP contribution is 2.46. The third-order valence-electron chi connectivity index (χ3n) is 6.40. The van der Waals surface area contributed by atoms with Crippen LogP contribution in [0.15, 0.2) is 91.0 Å². The zero-order valence-electron chi connectivity index (χ0n) is 18.1. The van der Waals surface area contributed by atoms with Crippen LogP contribution in [0.4, 0.5) is 22.0 Å². The molecular weight excluding hydrogens is 455 g/mol. The molecule has 0 aliphatic rings. The van der Waals surface area contributed by atoms with Gasteiger partial charge < -0.3 is 0 Å². The minimum Gasteiger partial charge on any atom is -0.204 e. The van der Waals surface area contributed by atoms with Crippen LogP contribution >= 0.6 is 0 Å². The van der Waals surface area contributed by atoms with E-state index in [1.165, 1.54) is 0 Å². The highest BCUT2D eigenvalue weighted by Gasteiger charge is 2.21. The first-order valence-electron chi connectivity index (χ1n) is 10.9. The second-order valence-corrected chi connectivity index (χ2v) is 8.39. The summed E-state index contributed by atoms with van der Waals surface area (Å²) in [6.07, 6.45) is 0. The van der Waals surface area contributed by atoms with Crippen LogP contribution in [0, 0.1) is 29.1 Å². The first kappa shape index (κ1) is 21.3. The molecule has 35 heavy (non-hydrogen) atoms. The Morgan fingerprint density at radius 2 is 0.914 bits per heavy atom. The monoisotopic (exact) mass is 470 g/mol. The molecule has 0 aromatic heterocycles. The molecule has 0 aliphatic heterocycles. The second kappa shape index (κ2) is 7.91. The van der Waals surface area contributed by atoms with Crippen LogP contribution in [0.2, 0.25) is 0 Å². The molecule has 0 saturated carbocycles. The molecule has 170 valence electrons. The Kier molecular flexibility index (Phi) is 4.81. The van der Waals surface area contributed by atoms with Gasteiger partial charge in [0.15, 0.2) is 29.1 Å². The van der Waals surface area contributed by atoms with Crippen molar-refractivity contribution in [2.24, 2.45) is 0 Å². The lowest BCUT2D eigenvalue weighted by molar-refractivity contribution is 0.448. The predicted octanol–water partition coefficient (Wildman–Crippen LogP) is 9.18. The third kappa shape index (κ3) is 3.27. The summed E-state index contributed by atoms with van der Waals surface area (Å²) in [7, 11) is 0. The molecule has 0 fully saturated rings. The van der Waals surface area contributed by atoms with Gasteiger partial charge in [-0.1, -0.05) is 66.7 Å². The van der Waals surface area contributed by atoms with Crippen molar-refractivity contribution in [1.29, 1.82) is 0 Å². The SMILES string of the molecule is Fc1cc2c(-c3cc(F)c(F)c(F)c3)c3ccccc3c(-c3cccc4ccccc34)c2cc1F. The lowest BCUT2D eigenvalue weighted by Crippen LogP contribution is -1.96. The number of hydrogen-bond donors (Lipinski definition) is 0. The zero-order chi connectivity index (χ0) is 24.3. The van der Waals surface area contributed by atoms with Crippen LogP contribution in [0.3, 0.4) is 0 Å². The van der Waals surface area contributed by atoms with Crippen molar-refractivity contribution in [3.05, 3.63) is 120 Å². The summed E-state index contributed by atoms with van der Waals surface area (Å²) >= 11 is 0. The minimum absolute atomic E-state index is 0.0260. The van der Waals surface area contributed by atoms with Crippen molar-refractivity contribution in [3.8, 4) is 22.3 Å². The fourth-order valence-electron chi connectivity index (χ4n) is 4.91. The molecule has 6 rings (SSSR count). The lowest BCUT2D eigenvalue weighted by atomic mass is 9.84. The summed E-state index contributed by atoms with van der Waals surface area (Å²) in [5.41, 5.74) is 1.78. The Bertz CT molecular complexity index is 1770. The van der Waals surface area contributed by atoms with Crippen LogP contribution in [0.1, 0.15) is 0 Å². The molecule has 0 amide bonds. The summed E-state index contributed by atoms with van der Waals surface area (Å²) in [4.78, 5) is 0. The van der Waals surface area contributed by atoms with E-state index in [-0.39, 0.29) is 16.5 Å². The van der Waals surface area contributed by atoms with Crippen molar-refractivity contribution in [2.75, 3.05) is 0 Å². The van der Waals surface area contributed by atoms with E-state index in [0.29, 0.717) is 21.7 Å². The molecule has 0 bridgehead atoms. The molecule has 6 aromatic rings. The molecule has 0 spiro atoms. The quantitative estimate of drug-likeness (QED) is 0.134. The number of fused-ring (bicyclic) bond motifs is 3. The van der Waals surface area contributed by atoms with E-state index in [1.807, 2.05) is 48.5 Å². The number of rotatable bonds is 2. The van der Waals surface area contributed by atoms with Gasteiger partial charge >= 0.3 is 0 Å². The molecule has 0 unspecified atom stereocenters. The zero-order valence-corrected chi connectivity index (χ0v) is 18.1. The highest BCUT2D eigenvalue weighted by molar-refractivity contribution is 6.23. The van der Waals surface area contributed by atoms with Crippen LogP contribution in [0.25, 0.3) is 54.6 Å². The van der Waals surface area contributed by atoms with Crippen molar-refractivity contribution < 1.29 is 22.0 Å². The van der Waals surface area contributed by atoms with Gasteiger partial charge in [0.2, 0.25) is 0 Å². The highest BCUT2D eigenvalue weighted by atomic mass is 19.2. The second-order valence-electron chi connectivity index (χ2n) is 8.39. The molecule has 0 nitrogen and oxygen atoms in total. The van der Waals surface area contributed by atoms with Crippen LogP contribution in [-0.4, -0.2) is 0 Å². The van der Waals surface area contributed by atoms with E-state index < -0.39 is 29.1 Å². The van der Waals surface area contributed by atoms with Crippen molar-refractivity contribution in [3.63, 3.8) is 0 Å². The predicted molar refractivity (Wildman–Crippen MR) is 130 cm³/mol. The normalized spacial score (nSPS) is 11.6. The lowest BCUT2D eigenvalue weighted by Gasteiger charge is -2.19. The standard InChI is InChI=1S/C30H15F5/c31-24-14-22-23(15-25(24)32)29(19-11-5-7-16-6-1-2-8-18(16)19)21-10-4-3-9-20(21)28(22)17-12-26(33)30(35)27(34)13-17/h1-15H. The fourth-order valence-corrected chi connectivity index (χ4v) is 4.91. The molecule has 0 N–H and O–H groups in total. The Hall–Kier alpha value is -4.25. The van der Waals surface area contributed by atoms with Gasteiger partial charge in [-0.15, -0.1) is 0 Å². The summed E-state index contributed by atoms with van der Waals surface area (Å²) in [6, 6.07) is 24.5. The van der Waals surface area contributed by atoms with Gasteiger partial charge in [0.1, 0.15) is 0 Å². The summed E-state index contributed by atoms with van der Waals surface area (Å²) in [5.74, 6) is -6.46. The van der Waals surface area contributed by atoms with Gasteiger partial charge in [0.25, 0.3) is 0 Å². The van der Waals surface area contributed by atoms with Crippen LogP contribution in [0.5, 0.6) is 0 Å². The largest absolute Gasteiger partial charge is 0.204 e. The van der Waals surface area contributed by atoms with E-state index in [1.54, 1.807) is 18.2 Å². The van der Waals surface area contributed by atoms with Gasteiger partial charge in [-0.05, 0) is 78.8 Å². The Balaban J connectivity index is 1.86. The van der Waals surface area contributed by atoms with Crippen LogP contribution < -0.4 is 0 Å². The number of halogens is 5. The maximum atomic E-state index is 14.6. The average molecular weight is 470 g/mol. The van der Waals surface area contributed by atoms with Crippen molar-refractivity contribution in [1.82, 2.24) is 0 Å². The molecule has 0 aliphatic carbocycles. The Labute approximate surface area is 196 Å². The molecular formula is C30H15F5. The summed E-state index contributed by atoms with van der Waals surface area (Å²) in [5, 5.41) is 3.77. The van der Waals surface area contributed by atoms with Gasteiger partial charge in [-0.2, -0.15) is 0 Å². The minimum atomic E-state index is -1.59. The first-order chi connectivity index (χ1) is 16.9. The molecule has 0 radical (unpaired) electrons. The average Bonchev–Trinajstić information content (AvgIpc) is 2.86. The van der Waals surface area contributed by atoms with Crippen LogP contribution in [-0.2, 0) is 0 Å². The smallest absolute Gasteiger partial charge is 0.194 e. The fraction of sp³-hybridized carbons (Fsp3) is 0. The van der Waals surface area contributed by atoms with Crippen molar-refractivity contribution in [2.45, 2.75) is 0 Å². The van der Waals surface area contributed by atoms with Gasteiger partial charge in [-0.3, -0.25) is 0 Å². The maximum absolute atomic E-state index is 14.6. The molecule has 0 saturated heterocycles. The van der Waals surface area contributed by atoms with Crippen molar-refractivity contribution >= 4 is 32.3 Å². The third-order valence-corrected chi connectivity index (χ3v) is 6.40. The van der Waals surface area contributed by atoms with Gasteiger partial charge in [0, 0.05) is 0 Å². The summed E-state index contributed by atoms with van der Waals surface area (Å²) in [6.45, 7) is 0. The number of benzene rings is 6. The summed E-state index contributed by atoms with van der Waals surface area (Å²) < 4.78 is 71.4. The van der Waals surface area contributed by atoms with E-state index >= 15 is 0 Å². The molecule has 5 heteroatoms. The molecule has 0 heterocycles. The molecule has 6 aromatic carbocycles. The Morgan fingerprint density at radius 1 is 0.400 bits per heavy atom. The van der Waals surface area contributed by atoms with Gasteiger partial charge in [0.05, 0.1) is 0 Å². The first-order valence-corrected chi connectivity index (χ1v) is 10.9. The maximum Gasteiger partial charge on any atom is 0.194 e. The van der Waals surface area contributed by atoms with E-state index in [2.05, 4.69) is 0 Å². The van der Waals surface area contributed by atoms with E-state index in [4.69, 9.17) is 0 Å². The molecule has 0 atom stereocenters. The topological polar surface area (TPSA) is 0 Å². The Morgan fingerprint density at radius 3 is 1.57 bits per heavy atom. The number of hydrogen-bond acceptors (Lipinski definition) is 0. The van der Waals surface area contributed by atoms with E-state index in [0.717, 1.165) is 40.6 Å².